The third-order valence-corrected chi connectivity index (χ3v) is 3.37. The van der Waals surface area contributed by atoms with Gasteiger partial charge in [0, 0.05) is 6.54 Å². The first-order valence-corrected chi connectivity index (χ1v) is 6.02. The van der Waals surface area contributed by atoms with Crippen LogP contribution < -0.4 is 0 Å². The van der Waals surface area contributed by atoms with E-state index in [0.29, 0.717) is 19.6 Å². The van der Waals surface area contributed by atoms with Crippen LogP contribution in [-0.4, -0.2) is 29.3 Å². The molecule has 0 aliphatic carbocycles. The lowest BCUT2D eigenvalue weighted by Crippen LogP contribution is -2.38. The van der Waals surface area contributed by atoms with Crippen molar-refractivity contribution >= 4 is 0 Å². The van der Waals surface area contributed by atoms with Crippen molar-refractivity contribution in [2.24, 2.45) is 5.92 Å². The summed E-state index contributed by atoms with van der Waals surface area (Å²) in [6.45, 7) is 1.51. The van der Waals surface area contributed by atoms with Crippen molar-refractivity contribution in [1.29, 1.82) is 0 Å². The highest BCUT2D eigenvalue weighted by molar-refractivity contribution is 5.27. The Morgan fingerprint density at radius 1 is 1.22 bits per heavy atom. The highest BCUT2D eigenvalue weighted by Gasteiger charge is 2.40. The van der Waals surface area contributed by atoms with E-state index in [2.05, 4.69) is 0 Å². The molecular weight excluding hydrogens is 243 g/mol. The first-order chi connectivity index (χ1) is 8.45. The maximum Gasteiger partial charge on any atom is 0.391 e. The van der Waals surface area contributed by atoms with Crippen LogP contribution in [0.1, 0.15) is 18.4 Å². The number of hydrogen-bond donors (Lipinski definition) is 1. The largest absolute Gasteiger partial charge is 0.508 e. The number of phenolic OH excluding ortho intramolecular Hbond substituents is 1. The SMILES string of the molecule is Oc1cccc(CN2CCC(C(F)(F)F)CC2)c1. The minimum absolute atomic E-state index is 0.169. The number of hydrogen-bond acceptors (Lipinski definition) is 2. The second kappa shape index (κ2) is 5.18. The van der Waals surface area contributed by atoms with Crippen LogP contribution in [-0.2, 0) is 6.54 Å². The van der Waals surface area contributed by atoms with Crippen LogP contribution in [0, 0.1) is 5.92 Å². The zero-order valence-electron chi connectivity index (χ0n) is 9.95. The van der Waals surface area contributed by atoms with Gasteiger partial charge in [-0.1, -0.05) is 12.1 Å². The predicted octanol–water partition coefficient (Wildman–Crippen LogP) is 3.17. The van der Waals surface area contributed by atoms with Gasteiger partial charge in [-0.15, -0.1) is 0 Å². The Hall–Kier alpha value is -1.23. The molecule has 0 amide bonds. The van der Waals surface area contributed by atoms with Crippen molar-refractivity contribution in [3.05, 3.63) is 29.8 Å². The van der Waals surface area contributed by atoms with Crippen molar-refractivity contribution in [2.75, 3.05) is 13.1 Å². The summed E-state index contributed by atoms with van der Waals surface area (Å²) in [5.74, 6) is -0.962. The Kier molecular flexibility index (Phi) is 3.80. The molecule has 1 heterocycles. The van der Waals surface area contributed by atoms with E-state index in [4.69, 9.17) is 0 Å². The van der Waals surface area contributed by atoms with Gasteiger partial charge in [-0.05, 0) is 43.6 Å². The number of alkyl halides is 3. The fourth-order valence-electron chi connectivity index (χ4n) is 2.33. The lowest BCUT2D eigenvalue weighted by atomic mass is 9.96. The number of piperidine rings is 1. The van der Waals surface area contributed by atoms with Crippen molar-refractivity contribution in [3.8, 4) is 5.75 Å². The molecular formula is C13H16F3NO. The molecule has 1 aliphatic heterocycles. The van der Waals surface area contributed by atoms with Crippen molar-refractivity contribution in [2.45, 2.75) is 25.6 Å². The third-order valence-electron chi connectivity index (χ3n) is 3.37. The molecule has 1 fully saturated rings. The molecule has 0 atom stereocenters. The third kappa shape index (κ3) is 3.38. The molecule has 1 aliphatic rings. The molecule has 0 spiro atoms. The Bertz CT molecular complexity index is 397. The van der Waals surface area contributed by atoms with Crippen LogP contribution in [0.4, 0.5) is 13.2 Å². The first-order valence-electron chi connectivity index (χ1n) is 6.02. The fraction of sp³-hybridized carbons (Fsp3) is 0.538. The van der Waals surface area contributed by atoms with Gasteiger partial charge in [-0.25, -0.2) is 0 Å². The van der Waals surface area contributed by atoms with Crippen molar-refractivity contribution in [3.63, 3.8) is 0 Å². The lowest BCUT2D eigenvalue weighted by molar-refractivity contribution is -0.185. The molecule has 2 rings (SSSR count). The molecule has 18 heavy (non-hydrogen) atoms. The lowest BCUT2D eigenvalue weighted by Gasteiger charge is -2.32. The number of phenols is 1. The van der Waals surface area contributed by atoms with Gasteiger partial charge in [-0.3, -0.25) is 4.90 Å². The molecule has 1 N–H and O–H groups in total. The average Bonchev–Trinajstić information content (AvgIpc) is 2.28. The topological polar surface area (TPSA) is 23.5 Å². The molecule has 2 nitrogen and oxygen atoms in total. The summed E-state index contributed by atoms with van der Waals surface area (Å²) in [6.07, 6.45) is -3.72. The van der Waals surface area contributed by atoms with Gasteiger partial charge in [0.15, 0.2) is 0 Å². The maximum atomic E-state index is 12.5. The van der Waals surface area contributed by atoms with E-state index < -0.39 is 12.1 Å². The summed E-state index contributed by atoms with van der Waals surface area (Å²) < 4.78 is 37.5. The summed E-state index contributed by atoms with van der Waals surface area (Å²) >= 11 is 0. The van der Waals surface area contributed by atoms with E-state index in [9.17, 15) is 18.3 Å². The van der Waals surface area contributed by atoms with Crippen LogP contribution in [0.3, 0.4) is 0 Å². The highest BCUT2D eigenvalue weighted by Crippen LogP contribution is 2.34. The minimum atomic E-state index is -4.06. The molecule has 0 saturated carbocycles. The summed E-state index contributed by atoms with van der Waals surface area (Å²) in [5.41, 5.74) is 0.931. The number of nitrogens with zero attached hydrogens (tertiary/aromatic N) is 1. The minimum Gasteiger partial charge on any atom is -0.508 e. The first kappa shape index (κ1) is 13.2. The van der Waals surface area contributed by atoms with E-state index in [1.807, 2.05) is 11.0 Å². The Morgan fingerprint density at radius 2 is 1.89 bits per heavy atom. The quantitative estimate of drug-likeness (QED) is 0.881. The fourth-order valence-corrected chi connectivity index (χ4v) is 2.33. The second-order valence-corrected chi connectivity index (χ2v) is 4.76. The number of halogens is 3. The predicted molar refractivity (Wildman–Crippen MR) is 62.2 cm³/mol. The molecule has 0 bridgehead atoms. The zero-order chi connectivity index (χ0) is 13.2. The van der Waals surface area contributed by atoms with Gasteiger partial charge in [0.25, 0.3) is 0 Å². The summed E-state index contributed by atoms with van der Waals surface area (Å²) in [5, 5.41) is 9.32. The van der Waals surface area contributed by atoms with Crippen LogP contribution in [0.15, 0.2) is 24.3 Å². The maximum absolute atomic E-state index is 12.5. The standard InChI is InChI=1S/C13H16F3NO/c14-13(15,16)11-4-6-17(7-5-11)9-10-2-1-3-12(18)8-10/h1-3,8,11,18H,4-7,9H2. The average molecular weight is 259 g/mol. The highest BCUT2D eigenvalue weighted by atomic mass is 19.4. The van der Waals surface area contributed by atoms with E-state index in [0.717, 1.165) is 5.56 Å². The molecule has 1 saturated heterocycles. The van der Waals surface area contributed by atoms with Gasteiger partial charge >= 0.3 is 6.18 Å². The van der Waals surface area contributed by atoms with Crippen LogP contribution >= 0.6 is 0 Å². The van der Waals surface area contributed by atoms with Gasteiger partial charge in [0.05, 0.1) is 5.92 Å². The summed E-state index contributed by atoms with van der Waals surface area (Å²) in [6, 6.07) is 6.85. The molecule has 5 heteroatoms. The Morgan fingerprint density at radius 3 is 2.44 bits per heavy atom. The molecule has 0 radical (unpaired) electrons. The van der Waals surface area contributed by atoms with Gasteiger partial charge < -0.3 is 5.11 Å². The van der Waals surface area contributed by atoms with Crippen LogP contribution in [0.5, 0.6) is 5.75 Å². The summed E-state index contributed by atoms with van der Waals surface area (Å²) in [7, 11) is 0. The Balaban J connectivity index is 1.87. The Labute approximate surface area is 104 Å². The zero-order valence-corrected chi connectivity index (χ0v) is 9.95. The molecule has 0 unspecified atom stereocenters. The molecule has 1 aromatic carbocycles. The van der Waals surface area contributed by atoms with E-state index in [-0.39, 0.29) is 18.6 Å². The van der Waals surface area contributed by atoms with E-state index >= 15 is 0 Å². The van der Waals surface area contributed by atoms with Gasteiger partial charge in [0.2, 0.25) is 0 Å². The summed E-state index contributed by atoms with van der Waals surface area (Å²) in [4.78, 5) is 2.00. The van der Waals surface area contributed by atoms with Crippen LogP contribution in [0.25, 0.3) is 0 Å². The number of benzene rings is 1. The molecule has 0 aromatic heterocycles. The van der Waals surface area contributed by atoms with Crippen molar-refractivity contribution in [1.82, 2.24) is 4.90 Å². The molecule has 1 aromatic rings. The van der Waals surface area contributed by atoms with Gasteiger partial charge in [-0.2, -0.15) is 13.2 Å². The number of aromatic hydroxyl groups is 1. The number of likely N-dealkylation sites (tertiary alicyclic amines) is 1. The molecule has 100 valence electrons. The normalized spacial score (nSPS) is 19.1. The monoisotopic (exact) mass is 259 g/mol. The van der Waals surface area contributed by atoms with Gasteiger partial charge in [0.1, 0.15) is 5.75 Å². The second-order valence-electron chi connectivity index (χ2n) is 4.76. The number of rotatable bonds is 2. The van der Waals surface area contributed by atoms with E-state index in [1.165, 1.54) is 0 Å². The van der Waals surface area contributed by atoms with Crippen molar-refractivity contribution < 1.29 is 18.3 Å². The van der Waals surface area contributed by atoms with Crippen LogP contribution in [0.2, 0.25) is 0 Å². The van der Waals surface area contributed by atoms with E-state index in [1.54, 1.807) is 18.2 Å². The smallest absolute Gasteiger partial charge is 0.391 e.